The Morgan fingerprint density at radius 1 is 0.969 bits per heavy atom. The minimum absolute atomic E-state index is 0.184. The average Bonchev–Trinajstić information content (AvgIpc) is 3.23. The van der Waals surface area contributed by atoms with E-state index in [-0.39, 0.29) is 6.04 Å². The number of rotatable bonds is 4. The maximum atomic E-state index is 9.83. The van der Waals surface area contributed by atoms with Crippen molar-refractivity contribution in [2.24, 2.45) is 0 Å². The van der Waals surface area contributed by atoms with Crippen molar-refractivity contribution in [3.05, 3.63) is 49.1 Å². The van der Waals surface area contributed by atoms with Crippen LogP contribution in [-0.4, -0.2) is 64.6 Å². The highest BCUT2D eigenvalue weighted by molar-refractivity contribution is 5.94. The summed E-state index contributed by atoms with van der Waals surface area (Å²) in [5.41, 5.74) is 7.15. The van der Waals surface area contributed by atoms with Gasteiger partial charge in [0, 0.05) is 10.8 Å². The van der Waals surface area contributed by atoms with Gasteiger partial charge in [0.15, 0.2) is 11.5 Å². The van der Waals surface area contributed by atoms with E-state index in [2.05, 4.69) is 25.3 Å². The molecule has 1 fully saturated rings. The quantitative estimate of drug-likeness (QED) is 0.436. The first-order valence-corrected chi connectivity index (χ1v) is 9.95. The zero-order chi connectivity index (χ0) is 22.5. The molecule has 0 bridgehead atoms. The Hall–Kier alpha value is -3.76. The van der Waals surface area contributed by atoms with Crippen molar-refractivity contribution in [2.75, 3.05) is 38.5 Å². The molecule has 4 aromatic rings. The molecule has 5 rings (SSSR count). The first-order valence-electron chi connectivity index (χ1n) is 9.95. The first-order chi connectivity index (χ1) is 15.6. The maximum absolute atomic E-state index is 9.83. The average molecular weight is 436 g/mol. The zero-order valence-corrected chi connectivity index (χ0v) is 17.7. The SMILES string of the molecule is COc1ccc2c(N[C@@H]3COC[C@H]3O)ncnc2c1OC.Nc1ncnc2ccccc12. The Kier molecular flexibility index (Phi) is 6.43. The number of hydrogen-bond donors (Lipinski definition) is 3. The van der Waals surface area contributed by atoms with Crippen LogP contribution in [0.2, 0.25) is 0 Å². The standard InChI is InChI=1S/C14H17N3O4.C8H7N3/c1-19-11-4-3-8-12(13(11)20-2)15-7-16-14(8)17-9-5-21-6-10(9)18;9-8-6-3-1-2-4-7(6)10-5-11-8/h3-4,7,9-10,18H,5-6H2,1-2H3,(H,15,16,17);1-5H,(H2,9,10,11)/t9-,10-;/m1./s1. The molecule has 0 amide bonds. The smallest absolute Gasteiger partial charge is 0.187 e. The lowest BCUT2D eigenvalue weighted by Crippen LogP contribution is -2.32. The molecule has 0 spiro atoms. The van der Waals surface area contributed by atoms with Crippen LogP contribution in [0, 0.1) is 0 Å². The zero-order valence-electron chi connectivity index (χ0n) is 17.7. The Morgan fingerprint density at radius 2 is 1.78 bits per heavy atom. The van der Waals surface area contributed by atoms with Gasteiger partial charge in [-0.3, -0.25) is 0 Å². The summed E-state index contributed by atoms with van der Waals surface area (Å²) in [6.45, 7) is 0.776. The first kappa shape index (κ1) is 21.5. The van der Waals surface area contributed by atoms with Crippen LogP contribution in [0.25, 0.3) is 21.8 Å². The van der Waals surface area contributed by atoms with Crippen LogP contribution >= 0.6 is 0 Å². The van der Waals surface area contributed by atoms with Crippen molar-refractivity contribution in [1.82, 2.24) is 19.9 Å². The number of ether oxygens (including phenoxy) is 3. The number of methoxy groups -OCH3 is 2. The molecular weight excluding hydrogens is 412 g/mol. The Bertz CT molecular complexity index is 1220. The predicted molar refractivity (Wildman–Crippen MR) is 121 cm³/mol. The van der Waals surface area contributed by atoms with E-state index >= 15 is 0 Å². The number of benzene rings is 2. The number of para-hydroxylation sites is 1. The second-order valence-corrected chi connectivity index (χ2v) is 7.05. The van der Waals surface area contributed by atoms with Gasteiger partial charge in [-0.15, -0.1) is 0 Å². The van der Waals surface area contributed by atoms with Crippen LogP contribution in [0.15, 0.2) is 49.1 Å². The molecule has 10 nitrogen and oxygen atoms in total. The van der Waals surface area contributed by atoms with Gasteiger partial charge in [0.05, 0.1) is 45.1 Å². The van der Waals surface area contributed by atoms with Gasteiger partial charge < -0.3 is 30.4 Å². The molecule has 2 aromatic carbocycles. The molecule has 0 unspecified atom stereocenters. The van der Waals surface area contributed by atoms with E-state index in [1.807, 2.05) is 30.3 Å². The predicted octanol–water partition coefficient (Wildman–Crippen LogP) is 2.03. The third-order valence-electron chi connectivity index (χ3n) is 5.09. The van der Waals surface area contributed by atoms with Crippen molar-refractivity contribution in [2.45, 2.75) is 12.1 Å². The maximum Gasteiger partial charge on any atom is 0.187 e. The van der Waals surface area contributed by atoms with Crippen molar-refractivity contribution in [3.63, 3.8) is 0 Å². The molecule has 0 saturated carbocycles. The fraction of sp³-hybridized carbons (Fsp3) is 0.273. The molecule has 10 heteroatoms. The fourth-order valence-corrected chi connectivity index (χ4v) is 3.44. The minimum Gasteiger partial charge on any atom is -0.493 e. The van der Waals surface area contributed by atoms with E-state index < -0.39 is 6.10 Å². The van der Waals surface area contributed by atoms with Crippen molar-refractivity contribution in [3.8, 4) is 11.5 Å². The number of hydrogen-bond acceptors (Lipinski definition) is 10. The van der Waals surface area contributed by atoms with E-state index in [1.165, 1.54) is 12.7 Å². The molecular formula is C22H24N6O4. The molecule has 4 N–H and O–H groups in total. The Balaban J connectivity index is 0.000000186. The number of nitrogen functional groups attached to an aromatic ring is 1. The van der Waals surface area contributed by atoms with Gasteiger partial charge in [0.2, 0.25) is 0 Å². The minimum atomic E-state index is -0.546. The number of aromatic nitrogens is 4. The summed E-state index contributed by atoms with van der Waals surface area (Å²) < 4.78 is 15.9. The van der Waals surface area contributed by atoms with Crippen LogP contribution in [-0.2, 0) is 4.74 Å². The van der Waals surface area contributed by atoms with E-state index in [4.69, 9.17) is 19.9 Å². The monoisotopic (exact) mass is 436 g/mol. The van der Waals surface area contributed by atoms with Crippen molar-refractivity contribution >= 4 is 33.4 Å². The molecule has 1 aliphatic rings. The van der Waals surface area contributed by atoms with Crippen LogP contribution < -0.4 is 20.5 Å². The molecule has 32 heavy (non-hydrogen) atoms. The van der Waals surface area contributed by atoms with Crippen LogP contribution in [0.3, 0.4) is 0 Å². The number of nitrogens with two attached hydrogens (primary N) is 1. The number of nitrogens with zero attached hydrogens (tertiary/aromatic N) is 4. The highest BCUT2D eigenvalue weighted by atomic mass is 16.5. The largest absolute Gasteiger partial charge is 0.493 e. The summed E-state index contributed by atoms with van der Waals surface area (Å²) in [5, 5.41) is 14.7. The van der Waals surface area contributed by atoms with Gasteiger partial charge in [-0.05, 0) is 24.3 Å². The number of aliphatic hydroxyl groups excluding tert-OH is 1. The van der Waals surface area contributed by atoms with Gasteiger partial charge >= 0.3 is 0 Å². The fourth-order valence-electron chi connectivity index (χ4n) is 3.44. The van der Waals surface area contributed by atoms with Crippen LogP contribution in [0.4, 0.5) is 11.6 Å². The summed E-state index contributed by atoms with van der Waals surface area (Å²) in [4.78, 5) is 16.4. The molecule has 3 heterocycles. The molecule has 1 saturated heterocycles. The van der Waals surface area contributed by atoms with E-state index in [9.17, 15) is 5.11 Å². The Labute approximate surface area is 184 Å². The van der Waals surface area contributed by atoms with Gasteiger partial charge in [0.25, 0.3) is 0 Å². The lowest BCUT2D eigenvalue weighted by atomic mass is 10.1. The molecule has 0 radical (unpaired) electrons. The summed E-state index contributed by atoms with van der Waals surface area (Å²) in [6.07, 6.45) is 2.38. The molecule has 166 valence electrons. The second kappa shape index (κ2) is 9.58. The molecule has 1 aliphatic heterocycles. The van der Waals surface area contributed by atoms with E-state index in [0.29, 0.717) is 41.9 Å². The summed E-state index contributed by atoms with van der Waals surface area (Å²) in [5.74, 6) is 2.34. The van der Waals surface area contributed by atoms with Gasteiger partial charge in [0.1, 0.15) is 29.8 Å². The van der Waals surface area contributed by atoms with Crippen LogP contribution in [0.1, 0.15) is 0 Å². The number of nitrogens with one attached hydrogen (secondary N) is 1. The number of anilines is 2. The topological polar surface area (TPSA) is 138 Å². The summed E-state index contributed by atoms with van der Waals surface area (Å²) >= 11 is 0. The summed E-state index contributed by atoms with van der Waals surface area (Å²) in [7, 11) is 3.15. The normalized spacial score (nSPS) is 17.6. The van der Waals surface area contributed by atoms with E-state index in [1.54, 1.807) is 20.3 Å². The summed E-state index contributed by atoms with van der Waals surface area (Å²) in [6, 6.07) is 11.1. The van der Waals surface area contributed by atoms with Crippen molar-refractivity contribution in [1.29, 1.82) is 0 Å². The van der Waals surface area contributed by atoms with Crippen molar-refractivity contribution < 1.29 is 19.3 Å². The van der Waals surface area contributed by atoms with Gasteiger partial charge in [-0.1, -0.05) is 12.1 Å². The Morgan fingerprint density at radius 3 is 2.50 bits per heavy atom. The highest BCUT2D eigenvalue weighted by Crippen LogP contribution is 2.36. The van der Waals surface area contributed by atoms with E-state index in [0.717, 1.165) is 16.3 Å². The third-order valence-corrected chi connectivity index (χ3v) is 5.09. The lowest BCUT2D eigenvalue weighted by molar-refractivity contribution is 0.125. The second-order valence-electron chi connectivity index (χ2n) is 7.05. The molecule has 2 aromatic heterocycles. The third kappa shape index (κ3) is 4.32. The molecule has 2 atom stereocenters. The van der Waals surface area contributed by atoms with Crippen LogP contribution in [0.5, 0.6) is 11.5 Å². The number of fused-ring (bicyclic) bond motifs is 2. The van der Waals surface area contributed by atoms with Gasteiger partial charge in [-0.2, -0.15) is 0 Å². The lowest BCUT2D eigenvalue weighted by Gasteiger charge is -2.17. The van der Waals surface area contributed by atoms with Gasteiger partial charge in [-0.25, -0.2) is 19.9 Å². The number of aliphatic hydroxyl groups is 1. The molecule has 0 aliphatic carbocycles. The highest BCUT2D eigenvalue weighted by Gasteiger charge is 2.27.